The molecule has 0 heterocycles. The van der Waals surface area contributed by atoms with Crippen molar-refractivity contribution in [1.29, 1.82) is 0 Å². The molecule has 2 unspecified atom stereocenters. The molecular weight excluding hydrogens is 241 g/mol. The quantitative estimate of drug-likeness (QED) is 0.903. The number of nitrogens with two attached hydrogens (primary N) is 1. The standard InChI is InChI=1S/C13H15ClFNO/c14-9-4-5-11(15)8(6-9)7-13(17)10-2-1-3-12(10)16/h4-6,10,12H,1-3,7,16H2. The molecule has 1 aliphatic rings. The summed E-state index contributed by atoms with van der Waals surface area (Å²) >= 11 is 5.79. The van der Waals surface area contributed by atoms with Crippen molar-refractivity contribution in [1.82, 2.24) is 0 Å². The molecule has 4 heteroatoms. The van der Waals surface area contributed by atoms with Crippen LogP contribution in [-0.2, 0) is 11.2 Å². The minimum atomic E-state index is -0.380. The van der Waals surface area contributed by atoms with Gasteiger partial charge in [-0.2, -0.15) is 0 Å². The number of rotatable bonds is 3. The number of ketones is 1. The Morgan fingerprint density at radius 3 is 2.88 bits per heavy atom. The predicted octanol–water partition coefficient (Wildman–Crippen LogP) is 2.72. The fourth-order valence-electron chi connectivity index (χ4n) is 2.39. The maximum atomic E-state index is 13.5. The van der Waals surface area contributed by atoms with Crippen LogP contribution in [0.5, 0.6) is 0 Å². The molecule has 0 spiro atoms. The lowest BCUT2D eigenvalue weighted by Crippen LogP contribution is -2.31. The third kappa shape index (κ3) is 2.85. The highest BCUT2D eigenvalue weighted by Crippen LogP contribution is 2.26. The molecule has 2 N–H and O–H groups in total. The third-order valence-corrected chi connectivity index (χ3v) is 3.59. The third-order valence-electron chi connectivity index (χ3n) is 3.36. The van der Waals surface area contributed by atoms with Gasteiger partial charge in [0.05, 0.1) is 0 Å². The summed E-state index contributed by atoms with van der Waals surface area (Å²) in [5.41, 5.74) is 6.22. The molecule has 2 rings (SSSR count). The second-order valence-corrected chi connectivity index (χ2v) is 5.02. The predicted molar refractivity (Wildman–Crippen MR) is 65.4 cm³/mol. The first-order chi connectivity index (χ1) is 8.08. The van der Waals surface area contributed by atoms with Crippen molar-refractivity contribution in [3.05, 3.63) is 34.6 Å². The second kappa shape index (κ2) is 5.15. The van der Waals surface area contributed by atoms with Gasteiger partial charge < -0.3 is 5.73 Å². The van der Waals surface area contributed by atoms with E-state index in [0.717, 1.165) is 19.3 Å². The number of hydrogen-bond donors (Lipinski definition) is 1. The zero-order chi connectivity index (χ0) is 12.4. The molecule has 0 aromatic heterocycles. The monoisotopic (exact) mass is 255 g/mol. The van der Waals surface area contributed by atoms with E-state index in [-0.39, 0.29) is 30.0 Å². The number of Topliss-reactive ketones (excluding diaryl/α,β-unsaturated/α-hetero) is 1. The van der Waals surface area contributed by atoms with Gasteiger partial charge in [-0.25, -0.2) is 4.39 Å². The molecular formula is C13H15ClFNO. The molecule has 1 saturated carbocycles. The highest BCUT2D eigenvalue weighted by atomic mass is 35.5. The smallest absolute Gasteiger partial charge is 0.141 e. The summed E-state index contributed by atoms with van der Waals surface area (Å²) < 4.78 is 13.5. The van der Waals surface area contributed by atoms with Gasteiger partial charge >= 0.3 is 0 Å². The molecule has 2 atom stereocenters. The summed E-state index contributed by atoms with van der Waals surface area (Å²) in [5.74, 6) is -0.473. The molecule has 1 aromatic carbocycles. The van der Waals surface area contributed by atoms with Crippen LogP contribution < -0.4 is 5.73 Å². The van der Waals surface area contributed by atoms with E-state index in [1.165, 1.54) is 18.2 Å². The first-order valence-electron chi connectivity index (χ1n) is 5.80. The van der Waals surface area contributed by atoms with Crippen LogP contribution in [-0.4, -0.2) is 11.8 Å². The molecule has 0 aliphatic heterocycles. The van der Waals surface area contributed by atoms with Gasteiger partial charge in [-0.05, 0) is 36.6 Å². The van der Waals surface area contributed by atoms with Gasteiger partial charge in [-0.3, -0.25) is 4.79 Å². The zero-order valence-electron chi connectivity index (χ0n) is 9.46. The summed E-state index contributed by atoms with van der Waals surface area (Å²) in [6.07, 6.45) is 2.77. The summed E-state index contributed by atoms with van der Waals surface area (Å²) in [7, 11) is 0. The Hall–Kier alpha value is -0.930. The second-order valence-electron chi connectivity index (χ2n) is 4.58. The molecule has 0 amide bonds. The van der Waals surface area contributed by atoms with Crippen LogP contribution in [0.2, 0.25) is 5.02 Å². The molecule has 92 valence electrons. The summed E-state index contributed by atoms with van der Waals surface area (Å²) in [5, 5.41) is 0.449. The maximum absolute atomic E-state index is 13.5. The number of hydrogen-bond acceptors (Lipinski definition) is 2. The summed E-state index contributed by atoms with van der Waals surface area (Å²) in [6, 6.07) is 4.21. The van der Waals surface area contributed by atoms with Gasteiger partial charge in [0.1, 0.15) is 11.6 Å². The van der Waals surface area contributed by atoms with E-state index in [2.05, 4.69) is 0 Å². The van der Waals surface area contributed by atoms with E-state index < -0.39 is 0 Å². The van der Waals surface area contributed by atoms with Crippen molar-refractivity contribution >= 4 is 17.4 Å². The normalized spacial score (nSPS) is 23.9. The lowest BCUT2D eigenvalue weighted by molar-refractivity contribution is -0.122. The first kappa shape index (κ1) is 12.5. The molecule has 1 aromatic rings. The van der Waals surface area contributed by atoms with E-state index in [1.54, 1.807) is 0 Å². The Kier molecular flexibility index (Phi) is 3.79. The van der Waals surface area contributed by atoms with Crippen molar-refractivity contribution in [3.8, 4) is 0 Å². The van der Waals surface area contributed by atoms with E-state index in [1.807, 2.05) is 0 Å². The fourth-order valence-corrected chi connectivity index (χ4v) is 2.58. The lowest BCUT2D eigenvalue weighted by atomic mass is 9.94. The number of benzene rings is 1. The van der Waals surface area contributed by atoms with E-state index in [0.29, 0.717) is 10.6 Å². The van der Waals surface area contributed by atoms with Crippen LogP contribution in [0.3, 0.4) is 0 Å². The van der Waals surface area contributed by atoms with Gasteiger partial charge in [0, 0.05) is 23.4 Å². The lowest BCUT2D eigenvalue weighted by Gasteiger charge is -2.14. The topological polar surface area (TPSA) is 43.1 Å². The Morgan fingerprint density at radius 2 is 2.24 bits per heavy atom. The molecule has 2 nitrogen and oxygen atoms in total. The van der Waals surface area contributed by atoms with Gasteiger partial charge in [0.2, 0.25) is 0 Å². The van der Waals surface area contributed by atoms with E-state index >= 15 is 0 Å². The number of carbonyl (C=O) groups is 1. The van der Waals surface area contributed by atoms with Crippen molar-refractivity contribution in [2.45, 2.75) is 31.7 Å². The maximum Gasteiger partial charge on any atom is 0.141 e. The van der Waals surface area contributed by atoms with Gasteiger partial charge in [0.25, 0.3) is 0 Å². The van der Waals surface area contributed by atoms with Gasteiger partial charge in [-0.15, -0.1) is 0 Å². The van der Waals surface area contributed by atoms with Gasteiger partial charge in [-0.1, -0.05) is 18.0 Å². The van der Waals surface area contributed by atoms with Crippen LogP contribution in [0, 0.1) is 11.7 Å². The van der Waals surface area contributed by atoms with Crippen LogP contribution in [0.1, 0.15) is 24.8 Å². The molecule has 0 radical (unpaired) electrons. The Balaban J connectivity index is 2.10. The summed E-state index contributed by atoms with van der Waals surface area (Å²) in [6.45, 7) is 0. The largest absolute Gasteiger partial charge is 0.327 e. The SMILES string of the molecule is NC1CCCC1C(=O)Cc1cc(Cl)ccc1F. The minimum absolute atomic E-state index is 0.0242. The zero-order valence-corrected chi connectivity index (χ0v) is 10.2. The minimum Gasteiger partial charge on any atom is -0.327 e. The van der Waals surface area contributed by atoms with Crippen molar-refractivity contribution in [2.75, 3.05) is 0 Å². The van der Waals surface area contributed by atoms with Gasteiger partial charge in [0.15, 0.2) is 0 Å². The van der Waals surface area contributed by atoms with E-state index in [9.17, 15) is 9.18 Å². The Morgan fingerprint density at radius 1 is 1.47 bits per heavy atom. The first-order valence-corrected chi connectivity index (χ1v) is 6.18. The Bertz CT molecular complexity index is 435. The Labute approximate surface area is 105 Å². The van der Waals surface area contributed by atoms with Crippen LogP contribution in [0.25, 0.3) is 0 Å². The van der Waals surface area contributed by atoms with Crippen molar-refractivity contribution < 1.29 is 9.18 Å². The fraction of sp³-hybridized carbons (Fsp3) is 0.462. The van der Waals surface area contributed by atoms with E-state index in [4.69, 9.17) is 17.3 Å². The number of carbonyl (C=O) groups excluding carboxylic acids is 1. The molecule has 0 bridgehead atoms. The van der Waals surface area contributed by atoms with Crippen molar-refractivity contribution in [2.24, 2.45) is 11.7 Å². The molecule has 1 aliphatic carbocycles. The summed E-state index contributed by atoms with van der Waals surface area (Å²) in [4.78, 5) is 12.0. The highest BCUT2D eigenvalue weighted by molar-refractivity contribution is 6.30. The highest BCUT2D eigenvalue weighted by Gasteiger charge is 2.30. The molecule has 1 fully saturated rings. The van der Waals surface area contributed by atoms with Crippen LogP contribution in [0.15, 0.2) is 18.2 Å². The van der Waals surface area contributed by atoms with Crippen LogP contribution in [0.4, 0.5) is 4.39 Å². The number of halogens is 2. The molecule has 17 heavy (non-hydrogen) atoms. The molecule has 0 saturated heterocycles. The van der Waals surface area contributed by atoms with Crippen LogP contribution >= 0.6 is 11.6 Å². The van der Waals surface area contributed by atoms with Crippen molar-refractivity contribution in [3.63, 3.8) is 0 Å². The average molecular weight is 256 g/mol. The average Bonchev–Trinajstić information content (AvgIpc) is 2.70.